The number of thiophene rings is 1. The van der Waals surface area contributed by atoms with E-state index in [1.807, 2.05) is 0 Å². The lowest BCUT2D eigenvalue weighted by molar-refractivity contribution is -0.105. The van der Waals surface area contributed by atoms with Crippen molar-refractivity contribution in [3.8, 4) is 0 Å². The fourth-order valence-corrected chi connectivity index (χ4v) is 5.34. The molecule has 0 aliphatic heterocycles. The highest BCUT2D eigenvalue weighted by Crippen LogP contribution is 2.38. The molecule has 1 aromatic carbocycles. The van der Waals surface area contributed by atoms with Crippen molar-refractivity contribution in [3.05, 3.63) is 39.7 Å². The summed E-state index contributed by atoms with van der Waals surface area (Å²) in [5.74, 6) is -0.752. The zero-order valence-corrected chi connectivity index (χ0v) is 14.4. The summed E-state index contributed by atoms with van der Waals surface area (Å²) in [5, 5.41) is 2.52. The van der Waals surface area contributed by atoms with Crippen LogP contribution in [0.15, 0.2) is 43.9 Å². The number of halogens is 1. The second-order valence-electron chi connectivity index (χ2n) is 4.00. The highest BCUT2D eigenvalue weighted by molar-refractivity contribution is 9.11. The molecule has 1 aromatic heterocycles. The van der Waals surface area contributed by atoms with E-state index in [1.165, 1.54) is 31.4 Å². The molecular formula is C13H10BrNO5S2. The number of anilines is 1. The Morgan fingerprint density at radius 2 is 2.00 bits per heavy atom. The van der Waals surface area contributed by atoms with Crippen LogP contribution in [0.3, 0.4) is 0 Å². The molecule has 2 aromatic rings. The molecule has 0 bridgehead atoms. The standard InChI is InChI=1S/C13H10BrNO5S2/c1-20-13(17)8-4-2-3-5-9(8)22(18,19)10-6-11(14)21-12(10)15-7-16/h2-7H,1H3,(H,15,16). The first kappa shape index (κ1) is 16.7. The average molecular weight is 404 g/mol. The molecule has 0 saturated heterocycles. The van der Waals surface area contributed by atoms with Gasteiger partial charge in [0.1, 0.15) is 9.90 Å². The number of hydrogen-bond donors (Lipinski definition) is 1. The molecule has 116 valence electrons. The third-order valence-corrected chi connectivity index (χ3v) is 6.26. The van der Waals surface area contributed by atoms with Crippen molar-refractivity contribution < 1.29 is 22.7 Å². The third-order valence-electron chi connectivity index (χ3n) is 2.73. The largest absolute Gasteiger partial charge is 0.465 e. The lowest BCUT2D eigenvalue weighted by atomic mass is 10.2. The van der Waals surface area contributed by atoms with Crippen molar-refractivity contribution in [3.63, 3.8) is 0 Å². The normalized spacial score (nSPS) is 11.0. The predicted molar refractivity (Wildman–Crippen MR) is 84.9 cm³/mol. The van der Waals surface area contributed by atoms with Crippen molar-refractivity contribution in [2.75, 3.05) is 12.4 Å². The van der Waals surface area contributed by atoms with Crippen molar-refractivity contribution in [1.29, 1.82) is 0 Å². The van der Waals surface area contributed by atoms with Crippen LogP contribution in [0.5, 0.6) is 0 Å². The van der Waals surface area contributed by atoms with Crippen molar-refractivity contribution >= 4 is 54.5 Å². The van der Waals surface area contributed by atoms with Gasteiger partial charge in [-0.05, 0) is 34.1 Å². The number of esters is 1. The van der Waals surface area contributed by atoms with Gasteiger partial charge in [0.15, 0.2) is 0 Å². The van der Waals surface area contributed by atoms with Gasteiger partial charge in [-0.2, -0.15) is 0 Å². The maximum Gasteiger partial charge on any atom is 0.339 e. The van der Waals surface area contributed by atoms with Crippen LogP contribution in [0.2, 0.25) is 0 Å². The first-order chi connectivity index (χ1) is 10.4. The summed E-state index contributed by atoms with van der Waals surface area (Å²) in [7, 11) is -2.83. The minimum absolute atomic E-state index is 0.0654. The van der Waals surface area contributed by atoms with E-state index in [2.05, 4.69) is 26.0 Å². The molecule has 2 rings (SSSR count). The van der Waals surface area contributed by atoms with Crippen LogP contribution in [0, 0.1) is 0 Å². The molecule has 9 heteroatoms. The quantitative estimate of drug-likeness (QED) is 0.612. The molecule has 0 radical (unpaired) electrons. The topological polar surface area (TPSA) is 89.5 Å². The van der Waals surface area contributed by atoms with Crippen LogP contribution in [0.25, 0.3) is 0 Å². The number of nitrogens with one attached hydrogen (secondary N) is 1. The second kappa shape index (κ2) is 6.59. The first-order valence-electron chi connectivity index (χ1n) is 5.83. The molecule has 0 atom stereocenters. The Hall–Kier alpha value is -1.71. The lowest BCUT2D eigenvalue weighted by Gasteiger charge is -2.09. The van der Waals surface area contributed by atoms with E-state index in [0.717, 1.165) is 11.3 Å². The van der Waals surface area contributed by atoms with Crippen molar-refractivity contribution in [1.82, 2.24) is 0 Å². The molecule has 0 fully saturated rings. The Bertz CT molecular complexity index is 829. The molecule has 1 N–H and O–H groups in total. The molecule has 0 saturated carbocycles. The number of sulfone groups is 1. The van der Waals surface area contributed by atoms with Gasteiger partial charge in [0.2, 0.25) is 16.2 Å². The summed E-state index contributed by atoms with van der Waals surface area (Å²) in [6.07, 6.45) is 0.392. The predicted octanol–water partition coefficient (Wildman–Crippen LogP) is 2.70. The van der Waals surface area contributed by atoms with E-state index in [4.69, 9.17) is 0 Å². The summed E-state index contributed by atoms with van der Waals surface area (Å²) >= 11 is 4.25. The molecular weight excluding hydrogens is 394 g/mol. The number of benzene rings is 1. The molecule has 1 amide bonds. The molecule has 6 nitrogen and oxygen atoms in total. The lowest BCUT2D eigenvalue weighted by Crippen LogP contribution is -2.11. The van der Waals surface area contributed by atoms with Crippen LogP contribution in [-0.2, 0) is 19.4 Å². The Morgan fingerprint density at radius 1 is 1.32 bits per heavy atom. The first-order valence-corrected chi connectivity index (χ1v) is 8.93. The summed E-state index contributed by atoms with van der Waals surface area (Å²) in [4.78, 5) is 22.1. The number of ether oxygens (including phenoxy) is 1. The molecule has 0 unspecified atom stereocenters. The zero-order valence-electron chi connectivity index (χ0n) is 11.2. The SMILES string of the molecule is COC(=O)c1ccccc1S(=O)(=O)c1cc(Br)sc1NC=O. The molecule has 1 heterocycles. The highest BCUT2D eigenvalue weighted by atomic mass is 79.9. The van der Waals surface area contributed by atoms with E-state index < -0.39 is 15.8 Å². The Balaban J connectivity index is 2.66. The maximum atomic E-state index is 12.8. The third kappa shape index (κ3) is 3.06. The van der Waals surface area contributed by atoms with E-state index in [0.29, 0.717) is 10.2 Å². The second-order valence-corrected chi connectivity index (χ2v) is 8.32. The number of amides is 1. The van der Waals surface area contributed by atoms with Gasteiger partial charge >= 0.3 is 5.97 Å². The average Bonchev–Trinajstić information content (AvgIpc) is 2.88. The number of methoxy groups -OCH3 is 1. The van der Waals surface area contributed by atoms with Gasteiger partial charge in [-0.15, -0.1) is 11.3 Å². The number of carbonyl (C=O) groups excluding carboxylic acids is 2. The van der Waals surface area contributed by atoms with Crippen LogP contribution < -0.4 is 5.32 Å². The fraction of sp³-hybridized carbons (Fsp3) is 0.0769. The van der Waals surface area contributed by atoms with Gasteiger partial charge in [0.05, 0.1) is 21.4 Å². The van der Waals surface area contributed by atoms with Gasteiger partial charge in [0.25, 0.3) is 0 Å². The number of rotatable bonds is 5. The van der Waals surface area contributed by atoms with E-state index in [1.54, 1.807) is 6.07 Å². The smallest absolute Gasteiger partial charge is 0.339 e. The van der Waals surface area contributed by atoms with Gasteiger partial charge in [-0.25, -0.2) is 13.2 Å². The monoisotopic (exact) mass is 403 g/mol. The van der Waals surface area contributed by atoms with Crippen LogP contribution in [0.1, 0.15) is 10.4 Å². The Labute approximate surface area is 139 Å². The van der Waals surface area contributed by atoms with E-state index in [-0.39, 0.29) is 20.4 Å². The van der Waals surface area contributed by atoms with Crippen LogP contribution in [0.4, 0.5) is 5.00 Å². The van der Waals surface area contributed by atoms with Crippen molar-refractivity contribution in [2.45, 2.75) is 9.79 Å². The summed E-state index contributed by atoms with van der Waals surface area (Å²) in [6.45, 7) is 0. The summed E-state index contributed by atoms with van der Waals surface area (Å²) in [5.41, 5.74) is -0.0654. The van der Waals surface area contributed by atoms with E-state index >= 15 is 0 Å². The number of hydrogen-bond acceptors (Lipinski definition) is 6. The number of carbonyl (C=O) groups is 2. The van der Waals surface area contributed by atoms with Crippen LogP contribution >= 0.6 is 27.3 Å². The summed E-state index contributed by atoms with van der Waals surface area (Å²) < 4.78 is 30.8. The Kier molecular flexibility index (Phi) is 4.99. The Morgan fingerprint density at radius 3 is 2.64 bits per heavy atom. The molecule has 0 aliphatic rings. The van der Waals surface area contributed by atoms with Crippen LogP contribution in [-0.4, -0.2) is 27.9 Å². The summed E-state index contributed by atoms with van der Waals surface area (Å²) in [6, 6.07) is 7.11. The molecule has 22 heavy (non-hydrogen) atoms. The fourth-order valence-electron chi connectivity index (χ4n) is 1.80. The van der Waals surface area contributed by atoms with Gasteiger partial charge < -0.3 is 10.1 Å². The van der Waals surface area contributed by atoms with Crippen molar-refractivity contribution in [2.24, 2.45) is 0 Å². The van der Waals surface area contributed by atoms with Gasteiger partial charge in [0, 0.05) is 0 Å². The maximum absolute atomic E-state index is 12.8. The van der Waals surface area contributed by atoms with Gasteiger partial charge in [-0.3, -0.25) is 4.79 Å². The minimum atomic E-state index is -4.00. The van der Waals surface area contributed by atoms with Gasteiger partial charge in [-0.1, -0.05) is 12.1 Å². The zero-order chi connectivity index (χ0) is 16.3. The minimum Gasteiger partial charge on any atom is -0.465 e. The molecule has 0 aliphatic carbocycles. The van der Waals surface area contributed by atoms with E-state index in [9.17, 15) is 18.0 Å². The highest BCUT2D eigenvalue weighted by Gasteiger charge is 2.28. The molecule has 0 spiro atoms.